The first-order valence-electron chi connectivity index (χ1n) is 8.39. The van der Waals surface area contributed by atoms with Crippen molar-refractivity contribution in [1.82, 2.24) is 9.38 Å². The molecule has 1 aromatic carbocycles. The number of carbonyl (C=O) groups is 1. The summed E-state index contributed by atoms with van der Waals surface area (Å²) < 4.78 is 14.6. The standard InChI is InChI=1S/C19H19FN4O2S/c1-3-23(15-6-4-13(20)5-7-15)11-14-10-18(26)24-16(8-9-17(21)25)12(2)27-19(24)22-14/h4-10H,3,11H2,1-2H3,(H2,21,25)/b9-8+. The lowest BCUT2D eigenvalue weighted by Gasteiger charge is -2.22. The van der Waals surface area contributed by atoms with E-state index in [0.29, 0.717) is 29.4 Å². The first kappa shape index (κ1) is 18.8. The van der Waals surface area contributed by atoms with E-state index in [2.05, 4.69) is 4.98 Å². The van der Waals surface area contributed by atoms with Gasteiger partial charge in [0.25, 0.3) is 5.56 Å². The molecule has 0 spiro atoms. The smallest absolute Gasteiger partial charge is 0.259 e. The van der Waals surface area contributed by atoms with Crippen LogP contribution >= 0.6 is 11.3 Å². The molecule has 0 fully saturated rings. The van der Waals surface area contributed by atoms with Crippen LogP contribution in [0.3, 0.4) is 0 Å². The lowest BCUT2D eigenvalue weighted by atomic mass is 10.2. The number of hydrogen-bond acceptors (Lipinski definition) is 5. The Bertz CT molecular complexity index is 1070. The van der Waals surface area contributed by atoms with Gasteiger partial charge in [-0.25, -0.2) is 9.37 Å². The minimum absolute atomic E-state index is 0.223. The Balaban J connectivity index is 1.98. The molecule has 0 unspecified atom stereocenters. The molecule has 0 aliphatic carbocycles. The molecule has 0 aliphatic heterocycles. The summed E-state index contributed by atoms with van der Waals surface area (Å²) >= 11 is 1.37. The van der Waals surface area contributed by atoms with Crippen molar-refractivity contribution < 1.29 is 9.18 Å². The second-order valence-electron chi connectivity index (χ2n) is 5.97. The summed E-state index contributed by atoms with van der Waals surface area (Å²) in [6.07, 6.45) is 2.75. The third-order valence-corrected chi connectivity index (χ3v) is 5.09. The average Bonchev–Trinajstić information content (AvgIpc) is 2.94. The molecule has 27 heavy (non-hydrogen) atoms. The zero-order valence-electron chi connectivity index (χ0n) is 15.0. The number of anilines is 1. The molecule has 0 bridgehead atoms. The fourth-order valence-corrected chi connectivity index (χ4v) is 3.79. The minimum Gasteiger partial charge on any atom is -0.366 e. The van der Waals surface area contributed by atoms with Crippen LogP contribution in [-0.4, -0.2) is 21.8 Å². The number of aryl methyl sites for hydroxylation is 1. The van der Waals surface area contributed by atoms with Gasteiger partial charge >= 0.3 is 0 Å². The highest BCUT2D eigenvalue weighted by Crippen LogP contribution is 2.22. The zero-order valence-corrected chi connectivity index (χ0v) is 15.8. The highest BCUT2D eigenvalue weighted by molar-refractivity contribution is 7.17. The predicted molar refractivity (Wildman–Crippen MR) is 105 cm³/mol. The number of amides is 1. The summed E-state index contributed by atoms with van der Waals surface area (Å²) in [5, 5.41) is 0. The number of primary amides is 1. The molecule has 0 saturated heterocycles. The average molecular weight is 386 g/mol. The summed E-state index contributed by atoms with van der Waals surface area (Å²) in [5.41, 5.74) is 7.00. The molecule has 0 radical (unpaired) electrons. The number of benzene rings is 1. The summed E-state index contributed by atoms with van der Waals surface area (Å²) in [5.74, 6) is -0.873. The highest BCUT2D eigenvalue weighted by atomic mass is 32.1. The maximum atomic E-state index is 13.2. The van der Waals surface area contributed by atoms with E-state index in [1.165, 1.54) is 46.1 Å². The Morgan fingerprint density at radius 1 is 1.37 bits per heavy atom. The van der Waals surface area contributed by atoms with Gasteiger partial charge in [-0.05, 0) is 44.2 Å². The molecule has 2 N–H and O–H groups in total. The third-order valence-electron chi connectivity index (χ3n) is 4.12. The van der Waals surface area contributed by atoms with Crippen LogP contribution in [-0.2, 0) is 11.3 Å². The lowest BCUT2D eigenvalue weighted by molar-refractivity contribution is -0.113. The first-order valence-corrected chi connectivity index (χ1v) is 9.20. The van der Waals surface area contributed by atoms with E-state index in [1.54, 1.807) is 12.1 Å². The summed E-state index contributed by atoms with van der Waals surface area (Å²) in [6, 6.07) is 7.69. The molecule has 0 aliphatic rings. The van der Waals surface area contributed by atoms with Crippen LogP contribution in [0.1, 0.15) is 23.2 Å². The molecule has 3 rings (SSSR count). The van der Waals surface area contributed by atoms with Crippen molar-refractivity contribution in [3.8, 4) is 0 Å². The van der Waals surface area contributed by atoms with E-state index in [4.69, 9.17) is 5.73 Å². The van der Waals surface area contributed by atoms with Crippen LogP contribution in [0.5, 0.6) is 0 Å². The van der Waals surface area contributed by atoms with E-state index in [-0.39, 0.29) is 11.4 Å². The quantitative estimate of drug-likeness (QED) is 0.661. The largest absolute Gasteiger partial charge is 0.366 e. The van der Waals surface area contributed by atoms with Crippen molar-refractivity contribution in [2.45, 2.75) is 20.4 Å². The van der Waals surface area contributed by atoms with E-state index in [1.807, 2.05) is 18.7 Å². The fourth-order valence-electron chi connectivity index (χ4n) is 2.81. The Morgan fingerprint density at radius 2 is 2.07 bits per heavy atom. The molecule has 3 aromatic rings. The fraction of sp³-hybridized carbons (Fsp3) is 0.211. The van der Waals surface area contributed by atoms with Crippen molar-refractivity contribution in [2.75, 3.05) is 11.4 Å². The van der Waals surface area contributed by atoms with E-state index < -0.39 is 5.91 Å². The van der Waals surface area contributed by atoms with Gasteiger partial charge in [0.2, 0.25) is 5.91 Å². The molecule has 0 atom stereocenters. The van der Waals surface area contributed by atoms with Gasteiger partial charge in [0.05, 0.1) is 17.9 Å². The van der Waals surface area contributed by atoms with Gasteiger partial charge in [-0.1, -0.05) is 0 Å². The van der Waals surface area contributed by atoms with Gasteiger partial charge in [-0.3, -0.25) is 14.0 Å². The first-order chi connectivity index (χ1) is 12.9. The topological polar surface area (TPSA) is 80.7 Å². The monoisotopic (exact) mass is 386 g/mol. The number of fused-ring (bicyclic) bond motifs is 1. The number of carbonyl (C=O) groups excluding carboxylic acids is 1. The van der Waals surface area contributed by atoms with Crippen LogP contribution in [0.2, 0.25) is 0 Å². The Hall–Kier alpha value is -3.00. The molecule has 2 aromatic heterocycles. The van der Waals surface area contributed by atoms with Crippen molar-refractivity contribution >= 4 is 34.0 Å². The van der Waals surface area contributed by atoms with Gasteiger partial charge in [-0.15, -0.1) is 11.3 Å². The minimum atomic E-state index is -0.579. The van der Waals surface area contributed by atoms with Crippen molar-refractivity contribution in [3.05, 3.63) is 68.8 Å². The SMILES string of the molecule is CCN(Cc1cc(=O)n2c(/C=C/C(N)=O)c(C)sc2n1)c1ccc(F)cc1. The van der Waals surface area contributed by atoms with Gasteiger partial charge < -0.3 is 10.6 Å². The molecule has 2 heterocycles. The molecular weight excluding hydrogens is 367 g/mol. The molecule has 8 heteroatoms. The number of thiazole rings is 1. The Morgan fingerprint density at radius 3 is 2.70 bits per heavy atom. The van der Waals surface area contributed by atoms with Gasteiger partial charge in [-0.2, -0.15) is 0 Å². The second kappa shape index (κ2) is 7.71. The normalized spacial score (nSPS) is 11.4. The number of halogens is 1. The lowest BCUT2D eigenvalue weighted by Crippen LogP contribution is -2.25. The van der Waals surface area contributed by atoms with Crippen molar-refractivity contribution in [1.29, 1.82) is 0 Å². The van der Waals surface area contributed by atoms with E-state index >= 15 is 0 Å². The van der Waals surface area contributed by atoms with E-state index in [9.17, 15) is 14.0 Å². The number of rotatable bonds is 6. The molecule has 140 valence electrons. The van der Waals surface area contributed by atoms with Gasteiger partial charge in [0, 0.05) is 29.3 Å². The summed E-state index contributed by atoms with van der Waals surface area (Å²) in [4.78, 5) is 31.6. The number of aromatic nitrogens is 2. The molecule has 1 amide bonds. The van der Waals surface area contributed by atoms with Crippen LogP contribution in [0.25, 0.3) is 11.0 Å². The van der Waals surface area contributed by atoms with E-state index in [0.717, 1.165) is 10.6 Å². The maximum Gasteiger partial charge on any atom is 0.259 e. The van der Waals surface area contributed by atoms with Gasteiger partial charge in [0.15, 0.2) is 4.96 Å². The van der Waals surface area contributed by atoms with Gasteiger partial charge in [0.1, 0.15) is 5.82 Å². The number of nitrogens with two attached hydrogens (primary N) is 1. The molecule has 6 nitrogen and oxygen atoms in total. The van der Waals surface area contributed by atoms with Crippen molar-refractivity contribution in [2.24, 2.45) is 5.73 Å². The van der Waals surface area contributed by atoms with Crippen LogP contribution in [0.4, 0.5) is 10.1 Å². The van der Waals surface area contributed by atoms with Crippen LogP contribution < -0.4 is 16.2 Å². The third kappa shape index (κ3) is 4.06. The Kier molecular flexibility index (Phi) is 5.36. The predicted octanol–water partition coefficient (Wildman–Crippen LogP) is 2.73. The number of hydrogen-bond donors (Lipinski definition) is 1. The zero-order chi connectivity index (χ0) is 19.6. The highest BCUT2D eigenvalue weighted by Gasteiger charge is 2.13. The second-order valence-corrected chi connectivity index (χ2v) is 7.16. The molecule has 0 saturated carbocycles. The Labute approximate surface area is 159 Å². The maximum absolute atomic E-state index is 13.2. The van der Waals surface area contributed by atoms with Crippen molar-refractivity contribution in [3.63, 3.8) is 0 Å². The van der Waals surface area contributed by atoms with Crippen LogP contribution in [0.15, 0.2) is 41.2 Å². The number of nitrogens with zero attached hydrogens (tertiary/aromatic N) is 3. The van der Waals surface area contributed by atoms with Crippen LogP contribution in [0, 0.1) is 12.7 Å². The molecular formula is C19H19FN4O2S. The summed E-state index contributed by atoms with van der Waals surface area (Å²) in [6.45, 7) is 4.95. The summed E-state index contributed by atoms with van der Waals surface area (Å²) in [7, 11) is 0.